The summed E-state index contributed by atoms with van der Waals surface area (Å²) in [5.74, 6) is 0. The fraction of sp³-hybridized carbons (Fsp3) is 0.583. The number of alkyl halides is 3. The molecule has 3 atom stereocenters. The summed E-state index contributed by atoms with van der Waals surface area (Å²) < 4.78 is 44.1. The lowest BCUT2D eigenvalue weighted by molar-refractivity contribution is -0.0988. The predicted molar refractivity (Wildman–Crippen MR) is 66.7 cm³/mol. The lowest BCUT2D eigenvalue weighted by Crippen LogP contribution is -2.42. The van der Waals surface area contributed by atoms with Gasteiger partial charge in [0.05, 0.1) is 6.04 Å². The van der Waals surface area contributed by atoms with Crippen molar-refractivity contribution in [3.63, 3.8) is 0 Å². The van der Waals surface area contributed by atoms with Gasteiger partial charge in [-0.25, -0.2) is 4.79 Å². The number of halogens is 4. The topological polar surface area (TPSA) is 38.3 Å². The van der Waals surface area contributed by atoms with Gasteiger partial charge in [-0.3, -0.25) is 0 Å². The summed E-state index contributed by atoms with van der Waals surface area (Å²) in [6.45, 7) is 3.38. The number of cyclic esters (lactones) is 1. The van der Waals surface area contributed by atoms with E-state index < -0.39 is 29.4 Å². The molecule has 106 valence electrons. The van der Waals surface area contributed by atoms with Crippen LogP contribution in [-0.4, -0.2) is 24.4 Å². The van der Waals surface area contributed by atoms with Crippen LogP contribution in [0.15, 0.2) is 22.2 Å². The fourth-order valence-electron chi connectivity index (χ4n) is 2.62. The van der Waals surface area contributed by atoms with Crippen LogP contribution in [0.25, 0.3) is 0 Å². The third-order valence-electron chi connectivity index (χ3n) is 3.40. The quantitative estimate of drug-likeness (QED) is 0.791. The molecule has 3 nitrogen and oxygen atoms in total. The molecule has 19 heavy (non-hydrogen) atoms. The van der Waals surface area contributed by atoms with Crippen molar-refractivity contribution in [2.24, 2.45) is 5.41 Å². The minimum Gasteiger partial charge on any atom is -0.443 e. The molecule has 2 aliphatic rings. The maximum Gasteiger partial charge on any atom is 0.412 e. The van der Waals surface area contributed by atoms with Crippen molar-refractivity contribution in [3.8, 4) is 0 Å². The number of ether oxygens (including phenoxy) is 1. The van der Waals surface area contributed by atoms with Gasteiger partial charge in [0.2, 0.25) is 0 Å². The third-order valence-corrected chi connectivity index (χ3v) is 3.86. The van der Waals surface area contributed by atoms with Crippen molar-refractivity contribution in [2.75, 3.05) is 0 Å². The minimum atomic E-state index is -4.38. The van der Waals surface area contributed by atoms with Crippen LogP contribution in [-0.2, 0) is 4.74 Å². The molecule has 0 aromatic carbocycles. The second kappa shape index (κ2) is 4.54. The van der Waals surface area contributed by atoms with E-state index in [9.17, 15) is 18.0 Å². The molecule has 0 bridgehead atoms. The number of carbonyl (C=O) groups is 1. The number of hydrogen-bond acceptors (Lipinski definition) is 2. The average molecular weight is 340 g/mol. The van der Waals surface area contributed by atoms with Crippen LogP contribution < -0.4 is 5.32 Å². The van der Waals surface area contributed by atoms with Gasteiger partial charge in [-0.1, -0.05) is 28.9 Å². The van der Waals surface area contributed by atoms with E-state index in [0.29, 0.717) is 4.48 Å². The highest BCUT2D eigenvalue weighted by Gasteiger charge is 2.49. The minimum absolute atomic E-state index is 0.213. The maximum atomic E-state index is 12.9. The number of carbonyl (C=O) groups excluding carboxylic acids is 1. The molecule has 1 fully saturated rings. The Kier molecular flexibility index (Phi) is 3.45. The van der Waals surface area contributed by atoms with E-state index in [1.54, 1.807) is 19.9 Å². The van der Waals surface area contributed by atoms with Crippen LogP contribution in [0.3, 0.4) is 0 Å². The molecule has 0 radical (unpaired) electrons. The first-order valence-electron chi connectivity index (χ1n) is 5.75. The highest BCUT2D eigenvalue weighted by Crippen LogP contribution is 2.46. The smallest absolute Gasteiger partial charge is 0.412 e. The standard InChI is InChI=1S/C12H13BrF3NO2/c1-6-9(19-10(18)17-6)11(2)4-7(12(14,15)16)3-8(13)5-11/h3,5-6,9H,4H2,1-2H3,(H,17,18). The Bertz CT molecular complexity index is 472. The van der Waals surface area contributed by atoms with Crippen molar-refractivity contribution in [2.45, 2.75) is 38.6 Å². The summed E-state index contributed by atoms with van der Waals surface area (Å²) in [7, 11) is 0. The summed E-state index contributed by atoms with van der Waals surface area (Å²) in [5, 5.41) is 2.55. The van der Waals surface area contributed by atoms with Crippen LogP contribution in [0.5, 0.6) is 0 Å². The molecule has 1 N–H and O–H groups in total. The molecule has 1 heterocycles. The van der Waals surface area contributed by atoms with Crippen molar-refractivity contribution in [1.29, 1.82) is 0 Å². The largest absolute Gasteiger partial charge is 0.443 e. The molecule has 2 rings (SSSR count). The Hall–Kier alpha value is -0.980. The SMILES string of the molecule is CC1NC(=O)OC1C1(C)C=C(Br)C=C(C(F)(F)F)C1. The number of nitrogens with one attached hydrogen (secondary N) is 1. The molecule has 0 spiro atoms. The Morgan fingerprint density at radius 1 is 1.53 bits per heavy atom. The van der Waals surface area contributed by atoms with Crippen LogP contribution in [0.4, 0.5) is 18.0 Å². The van der Waals surface area contributed by atoms with Gasteiger partial charge in [0.15, 0.2) is 0 Å². The van der Waals surface area contributed by atoms with E-state index in [1.165, 1.54) is 0 Å². The number of amides is 1. The van der Waals surface area contributed by atoms with E-state index in [-0.39, 0.29) is 12.5 Å². The van der Waals surface area contributed by atoms with E-state index in [2.05, 4.69) is 21.2 Å². The lowest BCUT2D eigenvalue weighted by Gasteiger charge is -2.36. The molecular formula is C12H13BrF3NO2. The van der Waals surface area contributed by atoms with E-state index in [0.717, 1.165) is 6.08 Å². The normalized spacial score (nSPS) is 35.4. The average Bonchev–Trinajstić information content (AvgIpc) is 2.56. The first kappa shape index (κ1) is 14.4. The van der Waals surface area contributed by atoms with Gasteiger partial charge in [-0.15, -0.1) is 0 Å². The summed E-state index contributed by atoms with van der Waals surface area (Å²) >= 11 is 3.10. The van der Waals surface area contributed by atoms with Crippen LogP contribution >= 0.6 is 15.9 Å². The van der Waals surface area contributed by atoms with Crippen LogP contribution in [0, 0.1) is 5.41 Å². The number of alkyl carbamates (subject to hydrolysis) is 1. The zero-order valence-electron chi connectivity index (χ0n) is 10.3. The van der Waals surface area contributed by atoms with Gasteiger partial charge < -0.3 is 10.1 Å². The van der Waals surface area contributed by atoms with Gasteiger partial charge in [0.1, 0.15) is 6.10 Å². The van der Waals surface area contributed by atoms with Crippen LogP contribution in [0.2, 0.25) is 0 Å². The molecule has 1 aliphatic heterocycles. The monoisotopic (exact) mass is 339 g/mol. The molecule has 1 aliphatic carbocycles. The fourth-order valence-corrected chi connectivity index (χ4v) is 3.42. The zero-order valence-corrected chi connectivity index (χ0v) is 11.9. The summed E-state index contributed by atoms with van der Waals surface area (Å²) in [4.78, 5) is 11.2. The van der Waals surface area contributed by atoms with Crippen molar-refractivity contribution in [3.05, 3.63) is 22.2 Å². The summed E-state index contributed by atoms with van der Waals surface area (Å²) in [5.41, 5.74) is -1.52. The number of rotatable bonds is 1. The van der Waals surface area contributed by atoms with E-state index >= 15 is 0 Å². The molecule has 3 unspecified atom stereocenters. The van der Waals surface area contributed by atoms with Crippen molar-refractivity contribution in [1.82, 2.24) is 5.32 Å². The lowest BCUT2D eigenvalue weighted by atomic mass is 9.73. The molecule has 0 saturated carbocycles. The predicted octanol–water partition coefficient (Wildman–Crippen LogP) is 3.66. The third kappa shape index (κ3) is 2.80. The molecule has 0 aromatic rings. The highest BCUT2D eigenvalue weighted by molar-refractivity contribution is 9.11. The zero-order chi connectivity index (χ0) is 14.4. The second-order valence-electron chi connectivity index (χ2n) is 5.14. The van der Waals surface area contributed by atoms with Gasteiger partial charge in [-0.05, 0) is 19.4 Å². The molecule has 1 amide bonds. The Labute approximate surface area is 117 Å². The maximum absolute atomic E-state index is 12.9. The Balaban J connectivity index is 2.31. The van der Waals surface area contributed by atoms with Crippen LogP contribution in [0.1, 0.15) is 20.3 Å². The van der Waals surface area contributed by atoms with Gasteiger partial charge in [-0.2, -0.15) is 13.2 Å². The molecule has 7 heteroatoms. The Morgan fingerprint density at radius 3 is 2.63 bits per heavy atom. The van der Waals surface area contributed by atoms with E-state index in [1.807, 2.05) is 0 Å². The van der Waals surface area contributed by atoms with Crippen molar-refractivity contribution >= 4 is 22.0 Å². The second-order valence-corrected chi connectivity index (χ2v) is 6.05. The summed E-state index contributed by atoms with van der Waals surface area (Å²) in [6.07, 6.45) is -3.08. The van der Waals surface area contributed by atoms with Crippen molar-refractivity contribution < 1.29 is 22.7 Å². The van der Waals surface area contributed by atoms with Gasteiger partial charge in [0, 0.05) is 15.5 Å². The van der Waals surface area contributed by atoms with E-state index in [4.69, 9.17) is 4.74 Å². The number of hydrogen-bond donors (Lipinski definition) is 1. The highest BCUT2D eigenvalue weighted by atomic mass is 79.9. The summed E-state index contributed by atoms with van der Waals surface area (Å²) in [6, 6.07) is -0.332. The number of allylic oxidation sites excluding steroid dienone is 3. The first-order valence-corrected chi connectivity index (χ1v) is 6.54. The first-order chi connectivity index (χ1) is 8.62. The molecule has 0 aromatic heterocycles. The van der Waals surface area contributed by atoms with Gasteiger partial charge >= 0.3 is 12.3 Å². The van der Waals surface area contributed by atoms with Gasteiger partial charge in [0.25, 0.3) is 0 Å². The molecule has 1 saturated heterocycles. The molecular weight excluding hydrogens is 327 g/mol. The Morgan fingerprint density at radius 2 is 2.16 bits per heavy atom.